The van der Waals surface area contributed by atoms with E-state index in [0.29, 0.717) is 19.3 Å². The maximum absolute atomic E-state index is 12.1. The molecular formula is C20H23NO3. The number of nitrogens with one attached hydrogen (secondary N) is 1. The topological polar surface area (TPSA) is 58.6 Å². The first-order valence-electron chi connectivity index (χ1n) is 8.31. The quantitative estimate of drug-likeness (QED) is 0.858. The fourth-order valence-corrected chi connectivity index (χ4v) is 3.24. The Kier molecular flexibility index (Phi) is 4.86. The van der Waals surface area contributed by atoms with E-state index in [-0.39, 0.29) is 12.5 Å². The Hall–Kier alpha value is -2.33. The summed E-state index contributed by atoms with van der Waals surface area (Å²) in [6.45, 7) is 0.269. The van der Waals surface area contributed by atoms with E-state index in [1.54, 1.807) is 7.11 Å². The van der Waals surface area contributed by atoms with Crippen LogP contribution in [0.3, 0.4) is 0 Å². The molecule has 0 heterocycles. The van der Waals surface area contributed by atoms with E-state index in [1.807, 2.05) is 48.5 Å². The summed E-state index contributed by atoms with van der Waals surface area (Å²) in [7, 11) is 1.63. The molecule has 3 rings (SSSR count). The Bertz CT molecular complexity index is 711. The van der Waals surface area contributed by atoms with Gasteiger partial charge in [0.15, 0.2) is 0 Å². The van der Waals surface area contributed by atoms with Crippen molar-refractivity contribution in [2.24, 2.45) is 0 Å². The van der Waals surface area contributed by atoms with Crippen molar-refractivity contribution in [3.63, 3.8) is 0 Å². The maximum Gasteiger partial charge on any atom is 0.220 e. The van der Waals surface area contributed by atoms with Gasteiger partial charge in [-0.3, -0.25) is 4.79 Å². The van der Waals surface area contributed by atoms with Gasteiger partial charge in [-0.15, -0.1) is 0 Å². The number of amides is 1. The van der Waals surface area contributed by atoms with Gasteiger partial charge in [0.05, 0.1) is 13.7 Å². The number of methoxy groups -OCH3 is 1. The van der Waals surface area contributed by atoms with Gasteiger partial charge in [-0.25, -0.2) is 0 Å². The van der Waals surface area contributed by atoms with Crippen LogP contribution in [0.4, 0.5) is 0 Å². The smallest absolute Gasteiger partial charge is 0.220 e. The lowest BCUT2D eigenvalue weighted by Gasteiger charge is -2.24. The number of carbonyl (C=O) groups excluding carboxylic acids is 1. The summed E-state index contributed by atoms with van der Waals surface area (Å²) in [6.07, 6.45) is 2.59. The number of carbonyl (C=O) groups is 1. The van der Waals surface area contributed by atoms with Crippen molar-refractivity contribution in [3.05, 3.63) is 65.2 Å². The molecule has 2 N–H and O–H groups in total. The molecule has 0 aromatic heterocycles. The van der Waals surface area contributed by atoms with Crippen molar-refractivity contribution >= 4 is 5.91 Å². The fraction of sp³-hybridized carbons (Fsp3) is 0.350. The molecule has 1 aliphatic carbocycles. The second-order valence-corrected chi connectivity index (χ2v) is 6.31. The molecule has 0 radical (unpaired) electrons. The molecule has 0 aliphatic heterocycles. The van der Waals surface area contributed by atoms with Crippen LogP contribution in [0.25, 0.3) is 0 Å². The summed E-state index contributed by atoms with van der Waals surface area (Å²) < 4.78 is 5.12. The number of hydrogen-bond acceptors (Lipinski definition) is 3. The fourth-order valence-electron chi connectivity index (χ4n) is 3.24. The monoisotopic (exact) mass is 325 g/mol. The molecule has 0 saturated carbocycles. The average molecular weight is 325 g/mol. The average Bonchev–Trinajstić information content (AvgIpc) is 2.96. The molecule has 0 bridgehead atoms. The molecule has 4 heteroatoms. The van der Waals surface area contributed by atoms with Crippen LogP contribution < -0.4 is 10.1 Å². The summed E-state index contributed by atoms with van der Waals surface area (Å²) in [6, 6.07) is 15.6. The molecule has 0 saturated heterocycles. The Morgan fingerprint density at radius 1 is 1.21 bits per heavy atom. The zero-order valence-corrected chi connectivity index (χ0v) is 13.9. The van der Waals surface area contributed by atoms with Gasteiger partial charge >= 0.3 is 0 Å². The van der Waals surface area contributed by atoms with E-state index in [1.165, 1.54) is 5.56 Å². The van der Waals surface area contributed by atoms with Crippen LogP contribution in [-0.2, 0) is 23.2 Å². The lowest BCUT2D eigenvalue weighted by atomic mass is 9.96. The molecule has 126 valence electrons. The normalized spacial score (nSPS) is 18.9. The van der Waals surface area contributed by atoms with Gasteiger partial charge in [0.1, 0.15) is 11.4 Å². The predicted octanol–water partition coefficient (Wildman–Crippen LogP) is 2.58. The Balaban J connectivity index is 1.51. The summed E-state index contributed by atoms with van der Waals surface area (Å²) >= 11 is 0. The molecule has 1 amide bonds. The van der Waals surface area contributed by atoms with Crippen molar-refractivity contribution in [2.75, 3.05) is 13.7 Å². The number of benzene rings is 2. The zero-order valence-electron chi connectivity index (χ0n) is 13.9. The van der Waals surface area contributed by atoms with Gasteiger partial charge in [-0.1, -0.05) is 36.4 Å². The van der Waals surface area contributed by atoms with Crippen LogP contribution in [0.5, 0.6) is 5.75 Å². The highest BCUT2D eigenvalue weighted by Gasteiger charge is 2.36. The van der Waals surface area contributed by atoms with Crippen molar-refractivity contribution in [1.29, 1.82) is 0 Å². The van der Waals surface area contributed by atoms with E-state index in [9.17, 15) is 9.90 Å². The number of aliphatic hydroxyl groups is 1. The van der Waals surface area contributed by atoms with Gasteiger partial charge < -0.3 is 15.2 Å². The predicted molar refractivity (Wildman–Crippen MR) is 93.0 cm³/mol. The first-order chi connectivity index (χ1) is 11.6. The minimum absolute atomic E-state index is 0.0383. The van der Waals surface area contributed by atoms with Crippen LogP contribution >= 0.6 is 0 Å². The molecule has 2 aromatic carbocycles. The van der Waals surface area contributed by atoms with Crippen molar-refractivity contribution in [2.45, 2.75) is 31.3 Å². The van der Waals surface area contributed by atoms with Gasteiger partial charge in [-0.05, 0) is 48.1 Å². The third-order valence-electron chi connectivity index (χ3n) is 4.70. The van der Waals surface area contributed by atoms with E-state index in [2.05, 4.69) is 5.32 Å². The van der Waals surface area contributed by atoms with Crippen molar-refractivity contribution in [3.8, 4) is 5.75 Å². The minimum atomic E-state index is -0.938. The molecule has 0 spiro atoms. The molecule has 4 nitrogen and oxygen atoms in total. The Morgan fingerprint density at radius 2 is 1.96 bits per heavy atom. The Labute approximate surface area is 142 Å². The molecule has 1 aliphatic rings. The largest absolute Gasteiger partial charge is 0.497 e. The van der Waals surface area contributed by atoms with Crippen LogP contribution in [0.15, 0.2) is 48.5 Å². The number of aryl methyl sites for hydroxylation is 2. The first kappa shape index (κ1) is 16.5. The molecule has 24 heavy (non-hydrogen) atoms. The standard InChI is InChI=1S/C20H23NO3/c1-24-17-9-6-15(7-10-17)8-11-19(22)21-14-20(23)13-12-16-4-2-3-5-18(16)20/h2-7,9-10,23H,8,11-14H2,1H3,(H,21,22)/t20-/m1/s1. The summed E-state index contributed by atoms with van der Waals surface area (Å²) in [5.41, 5.74) is 2.27. The number of fused-ring (bicyclic) bond motifs is 1. The third-order valence-corrected chi connectivity index (χ3v) is 4.70. The highest BCUT2D eigenvalue weighted by molar-refractivity contribution is 5.76. The van der Waals surface area contributed by atoms with Crippen molar-refractivity contribution < 1.29 is 14.6 Å². The lowest BCUT2D eigenvalue weighted by Crippen LogP contribution is -2.39. The maximum atomic E-state index is 12.1. The summed E-state index contributed by atoms with van der Waals surface area (Å²) in [5, 5.41) is 13.7. The highest BCUT2D eigenvalue weighted by atomic mass is 16.5. The van der Waals surface area contributed by atoms with E-state index in [0.717, 1.165) is 23.3 Å². The third kappa shape index (κ3) is 3.60. The van der Waals surface area contributed by atoms with E-state index >= 15 is 0 Å². The Morgan fingerprint density at radius 3 is 2.71 bits per heavy atom. The molecule has 0 fully saturated rings. The van der Waals surface area contributed by atoms with Crippen LogP contribution in [0, 0.1) is 0 Å². The van der Waals surface area contributed by atoms with E-state index in [4.69, 9.17) is 4.74 Å². The first-order valence-corrected chi connectivity index (χ1v) is 8.31. The van der Waals surface area contributed by atoms with Crippen molar-refractivity contribution in [1.82, 2.24) is 5.32 Å². The van der Waals surface area contributed by atoms with Crippen LogP contribution in [0.2, 0.25) is 0 Å². The minimum Gasteiger partial charge on any atom is -0.497 e. The zero-order chi connectivity index (χ0) is 17.0. The van der Waals surface area contributed by atoms with Gasteiger partial charge in [-0.2, -0.15) is 0 Å². The second-order valence-electron chi connectivity index (χ2n) is 6.31. The van der Waals surface area contributed by atoms with Gasteiger partial charge in [0.2, 0.25) is 5.91 Å². The number of hydrogen-bond donors (Lipinski definition) is 2. The second kappa shape index (κ2) is 7.05. The highest BCUT2D eigenvalue weighted by Crippen LogP contribution is 2.36. The van der Waals surface area contributed by atoms with E-state index < -0.39 is 5.60 Å². The molecule has 2 aromatic rings. The molecule has 1 atom stereocenters. The van der Waals surface area contributed by atoms with Crippen LogP contribution in [0.1, 0.15) is 29.5 Å². The molecular weight excluding hydrogens is 302 g/mol. The number of rotatable bonds is 6. The number of ether oxygens (including phenoxy) is 1. The van der Waals surface area contributed by atoms with Crippen LogP contribution in [-0.4, -0.2) is 24.7 Å². The van der Waals surface area contributed by atoms with Gasteiger partial charge in [0.25, 0.3) is 0 Å². The summed E-state index contributed by atoms with van der Waals surface area (Å²) in [4.78, 5) is 12.1. The summed E-state index contributed by atoms with van der Waals surface area (Å²) in [5.74, 6) is 0.772. The van der Waals surface area contributed by atoms with Gasteiger partial charge in [0, 0.05) is 6.42 Å². The molecule has 0 unspecified atom stereocenters. The lowest BCUT2D eigenvalue weighted by molar-refractivity contribution is -0.122. The SMILES string of the molecule is COc1ccc(CCC(=O)NC[C@]2(O)CCc3ccccc32)cc1.